The van der Waals surface area contributed by atoms with E-state index in [1.807, 2.05) is 29.0 Å². The summed E-state index contributed by atoms with van der Waals surface area (Å²) in [5.41, 5.74) is 1.81. The SMILES string of the molecule is O=[N+]([O-])c1ccc(C=Cc2ccsc2)nc1. The number of thiophene rings is 1. The number of nitrogens with zero attached hydrogens (tertiary/aromatic N) is 2. The van der Waals surface area contributed by atoms with Gasteiger partial charge in [-0.25, -0.2) is 4.98 Å². The van der Waals surface area contributed by atoms with E-state index in [-0.39, 0.29) is 5.69 Å². The largest absolute Gasteiger partial charge is 0.287 e. The first-order valence-electron chi connectivity index (χ1n) is 4.56. The molecular formula is C11H8N2O2S. The minimum absolute atomic E-state index is 0.00711. The lowest BCUT2D eigenvalue weighted by Crippen LogP contribution is -1.89. The Balaban J connectivity index is 2.14. The highest BCUT2D eigenvalue weighted by molar-refractivity contribution is 7.08. The number of aromatic nitrogens is 1. The fourth-order valence-corrected chi connectivity index (χ4v) is 1.78. The standard InChI is InChI=1S/C11H8N2O2S/c14-13(15)11-4-3-10(12-7-11)2-1-9-5-6-16-8-9/h1-8H. The van der Waals surface area contributed by atoms with Crippen molar-refractivity contribution in [3.63, 3.8) is 0 Å². The zero-order valence-corrected chi connectivity index (χ0v) is 9.05. The Kier molecular flexibility index (Phi) is 3.07. The fraction of sp³-hybridized carbons (Fsp3) is 0. The second-order valence-electron chi connectivity index (χ2n) is 3.09. The van der Waals surface area contributed by atoms with Crippen molar-refractivity contribution in [3.05, 3.63) is 56.5 Å². The summed E-state index contributed by atoms with van der Waals surface area (Å²) in [6, 6.07) is 5.06. The van der Waals surface area contributed by atoms with Crippen LogP contribution in [0.4, 0.5) is 5.69 Å². The topological polar surface area (TPSA) is 56.0 Å². The van der Waals surface area contributed by atoms with Crippen LogP contribution in [0.3, 0.4) is 0 Å². The van der Waals surface area contributed by atoms with Gasteiger partial charge in [0, 0.05) is 6.07 Å². The molecule has 0 aliphatic heterocycles. The Morgan fingerprint density at radius 3 is 2.75 bits per heavy atom. The fourth-order valence-electron chi connectivity index (χ4n) is 1.16. The van der Waals surface area contributed by atoms with Crippen LogP contribution in [0.2, 0.25) is 0 Å². The third-order valence-corrected chi connectivity index (χ3v) is 2.67. The molecule has 0 saturated carbocycles. The molecule has 0 radical (unpaired) electrons. The molecule has 0 N–H and O–H groups in total. The summed E-state index contributed by atoms with van der Waals surface area (Å²) in [6.45, 7) is 0. The molecular weight excluding hydrogens is 224 g/mol. The minimum atomic E-state index is -0.459. The highest BCUT2D eigenvalue weighted by atomic mass is 32.1. The molecule has 0 aliphatic rings. The van der Waals surface area contributed by atoms with E-state index in [1.54, 1.807) is 17.4 Å². The van der Waals surface area contributed by atoms with E-state index in [0.29, 0.717) is 5.69 Å². The quantitative estimate of drug-likeness (QED) is 0.603. The smallest absolute Gasteiger partial charge is 0.258 e. The molecule has 0 atom stereocenters. The first kappa shape index (κ1) is 10.5. The lowest BCUT2D eigenvalue weighted by Gasteiger charge is -1.92. The highest BCUT2D eigenvalue weighted by Crippen LogP contribution is 2.12. The van der Waals surface area contributed by atoms with Gasteiger partial charge in [0.15, 0.2) is 0 Å². The number of rotatable bonds is 3. The lowest BCUT2D eigenvalue weighted by atomic mass is 10.2. The van der Waals surface area contributed by atoms with Crippen LogP contribution in [0.1, 0.15) is 11.3 Å². The average Bonchev–Trinajstić information content (AvgIpc) is 2.80. The molecule has 0 spiro atoms. The molecule has 80 valence electrons. The van der Waals surface area contributed by atoms with E-state index in [9.17, 15) is 10.1 Å². The average molecular weight is 232 g/mol. The molecule has 2 rings (SSSR count). The summed E-state index contributed by atoms with van der Waals surface area (Å²) >= 11 is 1.62. The third-order valence-electron chi connectivity index (χ3n) is 1.97. The monoisotopic (exact) mass is 232 g/mol. The first-order valence-corrected chi connectivity index (χ1v) is 5.51. The summed E-state index contributed by atoms with van der Waals surface area (Å²) in [5.74, 6) is 0. The molecule has 16 heavy (non-hydrogen) atoms. The highest BCUT2D eigenvalue weighted by Gasteiger charge is 2.03. The van der Waals surface area contributed by atoms with E-state index in [2.05, 4.69) is 4.98 Å². The molecule has 0 saturated heterocycles. The molecule has 2 aromatic heterocycles. The van der Waals surface area contributed by atoms with Crippen molar-refractivity contribution in [2.45, 2.75) is 0 Å². The Hall–Kier alpha value is -2.01. The van der Waals surface area contributed by atoms with Gasteiger partial charge in [-0.15, -0.1) is 0 Å². The van der Waals surface area contributed by atoms with Gasteiger partial charge in [-0.1, -0.05) is 6.08 Å². The molecule has 0 unspecified atom stereocenters. The predicted molar refractivity (Wildman–Crippen MR) is 64.1 cm³/mol. The van der Waals surface area contributed by atoms with Crippen molar-refractivity contribution in [2.75, 3.05) is 0 Å². The number of pyridine rings is 1. The van der Waals surface area contributed by atoms with Gasteiger partial charge in [-0.05, 0) is 34.5 Å². The van der Waals surface area contributed by atoms with Crippen molar-refractivity contribution in [3.8, 4) is 0 Å². The summed E-state index contributed by atoms with van der Waals surface area (Å²) in [5, 5.41) is 14.4. The maximum Gasteiger partial charge on any atom is 0.287 e. The van der Waals surface area contributed by atoms with Crippen LogP contribution in [0.15, 0.2) is 35.2 Å². The number of hydrogen-bond donors (Lipinski definition) is 0. The lowest BCUT2D eigenvalue weighted by molar-refractivity contribution is -0.385. The van der Waals surface area contributed by atoms with Crippen LogP contribution >= 0.6 is 11.3 Å². The predicted octanol–water partition coefficient (Wildman–Crippen LogP) is 3.22. The van der Waals surface area contributed by atoms with Gasteiger partial charge in [0.25, 0.3) is 5.69 Å². The van der Waals surface area contributed by atoms with Gasteiger partial charge < -0.3 is 0 Å². The maximum atomic E-state index is 10.4. The Morgan fingerprint density at radius 1 is 1.31 bits per heavy atom. The normalized spacial score (nSPS) is 10.8. The maximum absolute atomic E-state index is 10.4. The molecule has 0 bridgehead atoms. The van der Waals surface area contributed by atoms with E-state index >= 15 is 0 Å². The van der Waals surface area contributed by atoms with Crippen LogP contribution < -0.4 is 0 Å². The Labute approximate surface area is 96.0 Å². The van der Waals surface area contributed by atoms with Gasteiger partial charge in [0.1, 0.15) is 6.20 Å². The zero-order valence-electron chi connectivity index (χ0n) is 8.24. The number of nitro groups is 1. The molecule has 2 aromatic rings. The molecule has 5 heteroatoms. The second kappa shape index (κ2) is 4.67. The van der Waals surface area contributed by atoms with E-state index in [0.717, 1.165) is 5.56 Å². The van der Waals surface area contributed by atoms with Crippen molar-refractivity contribution < 1.29 is 4.92 Å². The molecule has 0 aromatic carbocycles. The van der Waals surface area contributed by atoms with E-state index < -0.39 is 4.92 Å². The van der Waals surface area contributed by atoms with Crippen LogP contribution in [0.5, 0.6) is 0 Å². The Morgan fingerprint density at radius 2 is 2.19 bits per heavy atom. The van der Waals surface area contributed by atoms with Crippen LogP contribution in [0, 0.1) is 10.1 Å². The minimum Gasteiger partial charge on any atom is -0.258 e. The van der Waals surface area contributed by atoms with Crippen LogP contribution in [0.25, 0.3) is 12.2 Å². The number of hydrogen-bond acceptors (Lipinski definition) is 4. The molecule has 0 aliphatic carbocycles. The summed E-state index contributed by atoms with van der Waals surface area (Å²) < 4.78 is 0. The van der Waals surface area contributed by atoms with E-state index in [1.165, 1.54) is 12.3 Å². The molecule has 4 nitrogen and oxygen atoms in total. The Bertz CT molecular complexity index is 503. The van der Waals surface area contributed by atoms with Gasteiger partial charge >= 0.3 is 0 Å². The van der Waals surface area contributed by atoms with Crippen molar-refractivity contribution in [1.82, 2.24) is 4.98 Å². The van der Waals surface area contributed by atoms with Gasteiger partial charge in [0.2, 0.25) is 0 Å². The van der Waals surface area contributed by atoms with Gasteiger partial charge in [0.05, 0.1) is 10.6 Å². The first-order chi connectivity index (χ1) is 7.75. The van der Waals surface area contributed by atoms with Crippen molar-refractivity contribution in [1.29, 1.82) is 0 Å². The van der Waals surface area contributed by atoms with Crippen LogP contribution in [-0.2, 0) is 0 Å². The van der Waals surface area contributed by atoms with Crippen molar-refractivity contribution in [2.24, 2.45) is 0 Å². The second-order valence-corrected chi connectivity index (χ2v) is 3.87. The van der Waals surface area contributed by atoms with Crippen molar-refractivity contribution >= 4 is 29.2 Å². The van der Waals surface area contributed by atoms with E-state index in [4.69, 9.17) is 0 Å². The third kappa shape index (κ3) is 2.52. The summed E-state index contributed by atoms with van der Waals surface area (Å²) in [7, 11) is 0. The summed E-state index contributed by atoms with van der Waals surface area (Å²) in [6.07, 6.45) is 5.00. The molecule has 0 fully saturated rings. The molecule has 2 heterocycles. The zero-order chi connectivity index (χ0) is 11.4. The van der Waals surface area contributed by atoms with Crippen LogP contribution in [-0.4, -0.2) is 9.91 Å². The van der Waals surface area contributed by atoms with Gasteiger partial charge in [-0.2, -0.15) is 11.3 Å². The summed E-state index contributed by atoms with van der Waals surface area (Å²) in [4.78, 5) is 13.9. The molecule has 0 amide bonds. The van der Waals surface area contributed by atoms with Gasteiger partial charge in [-0.3, -0.25) is 10.1 Å².